The molecule has 0 heterocycles. The Kier molecular flexibility index (Phi) is 3.28. The second-order valence-electron chi connectivity index (χ2n) is 3.74. The lowest BCUT2D eigenvalue weighted by atomic mass is 9.74. The second-order valence-corrected chi connectivity index (χ2v) is 3.74. The minimum Gasteiger partial charge on any atom is -0.481 e. The van der Waals surface area contributed by atoms with E-state index in [0.717, 1.165) is 0 Å². The lowest BCUT2D eigenvalue weighted by molar-refractivity contribution is -0.159. The molecule has 0 unspecified atom stereocenters. The van der Waals surface area contributed by atoms with Gasteiger partial charge in [-0.2, -0.15) is 0 Å². The molecule has 0 bridgehead atoms. The summed E-state index contributed by atoms with van der Waals surface area (Å²) in [5, 5.41) is 26.3. The first-order chi connectivity index (χ1) is 6.93. The Bertz CT molecular complexity index is 297. The second kappa shape index (κ2) is 4.29. The molecule has 0 aromatic rings. The van der Waals surface area contributed by atoms with Crippen molar-refractivity contribution in [2.75, 3.05) is 0 Å². The van der Waals surface area contributed by atoms with Crippen LogP contribution in [0, 0.1) is 17.8 Å². The average Bonchev–Trinajstić information content (AvgIpc) is 2.16. The predicted octanol–water partition coefficient (Wildman–Crippen LogP) is 0.273. The van der Waals surface area contributed by atoms with Crippen LogP contribution in [0.2, 0.25) is 0 Å². The van der Waals surface area contributed by atoms with Crippen LogP contribution in [-0.2, 0) is 14.4 Å². The summed E-state index contributed by atoms with van der Waals surface area (Å²) < 4.78 is 0. The molecule has 0 saturated heterocycles. The first-order valence-electron chi connectivity index (χ1n) is 4.62. The molecule has 6 nitrogen and oxygen atoms in total. The van der Waals surface area contributed by atoms with Crippen LogP contribution < -0.4 is 0 Å². The summed E-state index contributed by atoms with van der Waals surface area (Å²) in [4.78, 5) is 32.2. The minimum atomic E-state index is -1.23. The number of hydrogen-bond donors (Lipinski definition) is 3. The van der Waals surface area contributed by atoms with Crippen molar-refractivity contribution in [3.63, 3.8) is 0 Å². The van der Waals surface area contributed by atoms with Crippen molar-refractivity contribution >= 4 is 17.9 Å². The van der Waals surface area contributed by atoms with Gasteiger partial charge >= 0.3 is 17.9 Å². The Balaban J connectivity index is 2.78. The molecule has 15 heavy (non-hydrogen) atoms. The molecule has 1 fully saturated rings. The molecule has 0 spiro atoms. The van der Waals surface area contributed by atoms with Gasteiger partial charge in [-0.1, -0.05) is 0 Å². The molecule has 0 radical (unpaired) electrons. The van der Waals surface area contributed by atoms with E-state index in [0.29, 0.717) is 0 Å². The summed E-state index contributed by atoms with van der Waals surface area (Å²) in [5.74, 6) is -6.22. The molecule has 1 rings (SSSR count). The molecule has 84 valence electrons. The third-order valence-corrected chi connectivity index (χ3v) is 2.83. The zero-order chi connectivity index (χ0) is 11.6. The number of aliphatic carboxylic acids is 3. The molecule has 0 aliphatic heterocycles. The van der Waals surface area contributed by atoms with Crippen molar-refractivity contribution in [2.24, 2.45) is 17.8 Å². The number of carboxylic acids is 3. The van der Waals surface area contributed by atoms with Crippen LogP contribution in [-0.4, -0.2) is 33.2 Å². The number of carbonyl (C=O) groups is 3. The van der Waals surface area contributed by atoms with E-state index in [1.807, 2.05) is 0 Å². The van der Waals surface area contributed by atoms with E-state index < -0.39 is 35.7 Å². The van der Waals surface area contributed by atoms with Gasteiger partial charge in [0.05, 0.1) is 17.8 Å². The van der Waals surface area contributed by atoms with Crippen molar-refractivity contribution in [1.82, 2.24) is 0 Å². The van der Waals surface area contributed by atoms with Gasteiger partial charge in [-0.3, -0.25) is 14.4 Å². The fourth-order valence-electron chi connectivity index (χ4n) is 1.96. The molecule has 3 N–H and O–H groups in total. The summed E-state index contributed by atoms with van der Waals surface area (Å²) in [6, 6.07) is 0. The molecular formula is C9H12O6. The third-order valence-electron chi connectivity index (χ3n) is 2.83. The first kappa shape index (κ1) is 11.5. The highest BCUT2D eigenvalue weighted by atomic mass is 16.4. The van der Waals surface area contributed by atoms with Gasteiger partial charge in [0.15, 0.2) is 0 Å². The lowest BCUT2D eigenvalue weighted by Gasteiger charge is -2.29. The molecule has 6 heteroatoms. The van der Waals surface area contributed by atoms with Gasteiger partial charge in [0, 0.05) is 0 Å². The van der Waals surface area contributed by atoms with E-state index in [1.54, 1.807) is 0 Å². The molecular weight excluding hydrogens is 204 g/mol. The van der Waals surface area contributed by atoms with Gasteiger partial charge in [0.2, 0.25) is 0 Å². The van der Waals surface area contributed by atoms with Gasteiger partial charge in [-0.15, -0.1) is 0 Å². The summed E-state index contributed by atoms with van der Waals surface area (Å²) in [7, 11) is 0. The molecule has 3 atom stereocenters. The maximum Gasteiger partial charge on any atom is 0.307 e. The number of carboxylic acid groups (broad SMARTS) is 3. The summed E-state index contributed by atoms with van der Waals surface area (Å²) >= 11 is 0. The number of rotatable bonds is 3. The van der Waals surface area contributed by atoms with Crippen molar-refractivity contribution in [3.8, 4) is 0 Å². The molecule has 1 saturated carbocycles. The molecule has 0 aromatic heterocycles. The van der Waals surface area contributed by atoms with Crippen molar-refractivity contribution in [2.45, 2.75) is 19.3 Å². The fourth-order valence-corrected chi connectivity index (χ4v) is 1.96. The van der Waals surface area contributed by atoms with Gasteiger partial charge in [-0.05, 0) is 19.3 Å². The van der Waals surface area contributed by atoms with E-state index in [9.17, 15) is 14.4 Å². The SMILES string of the molecule is O=C(O)[C@@H]1CC[C@H](C(=O)O)[C@H](C(=O)O)C1. The van der Waals surface area contributed by atoms with Crippen LogP contribution in [0.4, 0.5) is 0 Å². The Labute approximate surface area is 85.5 Å². The maximum atomic E-state index is 10.8. The van der Waals surface area contributed by atoms with Crippen LogP contribution in [0.25, 0.3) is 0 Å². The van der Waals surface area contributed by atoms with Crippen LogP contribution >= 0.6 is 0 Å². The topological polar surface area (TPSA) is 112 Å². The van der Waals surface area contributed by atoms with Crippen molar-refractivity contribution < 1.29 is 29.7 Å². The Morgan fingerprint density at radius 1 is 0.800 bits per heavy atom. The van der Waals surface area contributed by atoms with Crippen LogP contribution in [0.15, 0.2) is 0 Å². The molecule has 0 amide bonds. The Morgan fingerprint density at radius 2 is 1.33 bits per heavy atom. The minimum absolute atomic E-state index is 0.0956. The highest BCUT2D eigenvalue weighted by molar-refractivity contribution is 5.81. The molecule has 1 aliphatic rings. The Hall–Kier alpha value is -1.59. The quantitative estimate of drug-likeness (QED) is 0.624. The summed E-state index contributed by atoms with van der Waals surface area (Å²) in [6.07, 6.45) is 0.251. The highest BCUT2D eigenvalue weighted by Gasteiger charge is 2.41. The summed E-state index contributed by atoms with van der Waals surface area (Å²) in [6.45, 7) is 0. The normalized spacial score (nSPS) is 30.8. The van der Waals surface area contributed by atoms with Crippen molar-refractivity contribution in [3.05, 3.63) is 0 Å². The van der Waals surface area contributed by atoms with Crippen LogP contribution in [0.1, 0.15) is 19.3 Å². The van der Waals surface area contributed by atoms with Crippen molar-refractivity contribution in [1.29, 1.82) is 0 Å². The zero-order valence-corrected chi connectivity index (χ0v) is 7.92. The standard InChI is InChI=1S/C9H12O6/c10-7(11)4-1-2-5(8(12)13)6(3-4)9(14)15/h4-6H,1-3H2,(H,10,11)(H,12,13)(H,14,15)/t4-,5+,6-/m1/s1. The largest absolute Gasteiger partial charge is 0.481 e. The van der Waals surface area contributed by atoms with Gasteiger partial charge in [0.25, 0.3) is 0 Å². The predicted molar refractivity (Wildman–Crippen MR) is 47.2 cm³/mol. The monoisotopic (exact) mass is 216 g/mol. The summed E-state index contributed by atoms with van der Waals surface area (Å²) in [5.41, 5.74) is 0. The zero-order valence-electron chi connectivity index (χ0n) is 7.92. The smallest absolute Gasteiger partial charge is 0.307 e. The Morgan fingerprint density at radius 3 is 1.73 bits per heavy atom. The number of hydrogen-bond acceptors (Lipinski definition) is 3. The first-order valence-corrected chi connectivity index (χ1v) is 4.62. The van der Waals surface area contributed by atoms with Gasteiger partial charge < -0.3 is 15.3 Å². The van der Waals surface area contributed by atoms with Crippen LogP contribution in [0.5, 0.6) is 0 Å². The fraction of sp³-hybridized carbons (Fsp3) is 0.667. The van der Waals surface area contributed by atoms with E-state index >= 15 is 0 Å². The molecule has 0 aromatic carbocycles. The highest BCUT2D eigenvalue weighted by Crippen LogP contribution is 2.34. The maximum absolute atomic E-state index is 10.8. The van der Waals surface area contributed by atoms with Gasteiger partial charge in [0.1, 0.15) is 0 Å². The van der Waals surface area contributed by atoms with E-state index in [2.05, 4.69) is 0 Å². The van der Waals surface area contributed by atoms with E-state index in [4.69, 9.17) is 15.3 Å². The molecule has 1 aliphatic carbocycles. The third kappa shape index (κ3) is 2.45. The average molecular weight is 216 g/mol. The lowest BCUT2D eigenvalue weighted by Crippen LogP contribution is -2.37. The van der Waals surface area contributed by atoms with E-state index in [-0.39, 0.29) is 19.3 Å². The van der Waals surface area contributed by atoms with Crippen LogP contribution in [0.3, 0.4) is 0 Å². The van der Waals surface area contributed by atoms with E-state index in [1.165, 1.54) is 0 Å². The van der Waals surface area contributed by atoms with Gasteiger partial charge in [-0.25, -0.2) is 0 Å².